The van der Waals surface area contributed by atoms with Crippen LogP contribution in [-0.2, 0) is 13.5 Å². The summed E-state index contributed by atoms with van der Waals surface area (Å²) in [7, 11) is 2.00. The number of imidazole rings is 1. The Balaban J connectivity index is 1.83. The van der Waals surface area contributed by atoms with Crippen molar-refractivity contribution in [3.63, 3.8) is 0 Å². The van der Waals surface area contributed by atoms with Crippen LogP contribution < -0.4 is 0 Å². The zero-order chi connectivity index (χ0) is 15.7. The van der Waals surface area contributed by atoms with Gasteiger partial charge in [-0.05, 0) is 29.2 Å². The van der Waals surface area contributed by atoms with E-state index in [4.69, 9.17) is 0 Å². The summed E-state index contributed by atoms with van der Waals surface area (Å²) < 4.78 is 2.06. The zero-order valence-corrected chi connectivity index (χ0v) is 13.3. The van der Waals surface area contributed by atoms with Crippen LogP contribution in [0.4, 0.5) is 0 Å². The molecule has 3 heteroatoms. The van der Waals surface area contributed by atoms with Crippen LogP contribution in [-0.4, -0.2) is 14.7 Å². The van der Waals surface area contributed by atoms with E-state index in [1.165, 1.54) is 5.56 Å². The summed E-state index contributed by atoms with van der Waals surface area (Å²) in [6, 6.07) is 16.3. The van der Waals surface area contributed by atoms with Gasteiger partial charge in [-0.15, -0.1) is 0 Å². The molecule has 3 aromatic rings. The number of aliphatic hydroxyl groups excluding tert-OH is 1. The highest BCUT2D eigenvalue weighted by atomic mass is 16.3. The van der Waals surface area contributed by atoms with Crippen LogP contribution in [0.1, 0.15) is 42.8 Å². The smallest absolute Gasteiger partial charge is 0.112 e. The summed E-state index contributed by atoms with van der Waals surface area (Å²) in [6.45, 7) is 4.34. The van der Waals surface area contributed by atoms with E-state index in [0.29, 0.717) is 12.3 Å². The fourth-order valence-corrected chi connectivity index (χ4v) is 2.77. The largest absolute Gasteiger partial charge is 0.388 e. The molecule has 0 aliphatic carbocycles. The molecule has 1 heterocycles. The van der Waals surface area contributed by atoms with Crippen molar-refractivity contribution in [1.29, 1.82) is 0 Å². The Morgan fingerprint density at radius 3 is 2.27 bits per heavy atom. The average Bonchev–Trinajstić information content (AvgIpc) is 2.84. The highest BCUT2D eigenvalue weighted by molar-refractivity contribution is 5.75. The minimum atomic E-state index is -0.531. The summed E-state index contributed by atoms with van der Waals surface area (Å²) >= 11 is 0. The highest BCUT2D eigenvalue weighted by Crippen LogP contribution is 2.23. The fourth-order valence-electron chi connectivity index (χ4n) is 2.77. The number of fused-ring (bicyclic) bond motifs is 1. The predicted molar refractivity (Wildman–Crippen MR) is 89.9 cm³/mol. The number of hydrogen-bond donors (Lipinski definition) is 1. The third kappa shape index (κ3) is 2.77. The topological polar surface area (TPSA) is 38.1 Å². The third-order valence-electron chi connectivity index (χ3n) is 4.24. The van der Waals surface area contributed by atoms with Crippen LogP contribution in [0.15, 0.2) is 48.5 Å². The van der Waals surface area contributed by atoms with Gasteiger partial charge in [0.25, 0.3) is 0 Å². The van der Waals surface area contributed by atoms with Gasteiger partial charge in [0, 0.05) is 13.5 Å². The van der Waals surface area contributed by atoms with Crippen LogP contribution in [0, 0.1) is 0 Å². The summed E-state index contributed by atoms with van der Waals surface area (Å²) in [5.74, 6) is 1.41. The molecule has 3 nitrogen and oxygen atoms in total. The second kappa shape index (κ2) is 5.93. The number of hydrogen-bond acceptors (Lipinski definition) is 2. The van der Waals surface area contributed by atoms with Crippen molar-refractivity contribution in [1.82, 2.24) is 9.55 Å². The first-order chi connectivity index (χ1) is 10.6. The maximum absolute atomic E-state index is 10.5. The van der Waals surface area contributed by atoms with Gasteiger partial charge < -0.3 is 9.67 Å². The van der Waals surface area contributed by atoms with E-state index in [0.717, 1.165) is 22.4 Å². The molecule has 0 aliphatic rings. The van der Waals surface area contributed by atoms with Gasteiger partial charge in [-0.25, -0.2) is 4.98 Å². The molecular weight excluding hydrogens is 272 g/mol. The number of rotatable bonds is 4. The first-order valence-corrected chi connectivity index (χ1v) is 7.74. The Bertz CT molecular complexity index is 772. The molecule has 1 aromatic heterocycles. The van der Waals surface area contributed by atoms with Gasteiger partial charge in [0.1, 0.15) is 5.82 Å². The van der Waals surface area contributed by atoms with Gasteiger partial charge in [-0.1, -0.05) is 50.2 Å². The highest BCUT2D eigenvalue weighted by Gasteiger charge is 2.14. The number of nitrogens with zero attached hydrogens (tertiary/aromatic N) is 2. The molecule has 0 bridgehead atoms. The van der Waals surface area contributed by atoms with Crippen LogP contribution in [0.25, 0.3) is 11.0 Å². The van der Waals surface area contributed by atoms with Crippen molar-refractivity contribution in [3.05, 3.63) is 65.5 Å². The van der Waals surface area contributed by atoms with E-state index in [2.05, 4.69) is 41.6 Å². The van der Waals surface area contributed by atoms with Crippen molar-refractivity contribution in [3.8, 4) is 0 Å². The maximum atomic E-state index is 10.5. The lowest BCUT2D eigenvalue weighted by Gasteiger charge is -2.12. The molecule has 0 saturated carbocycles. The molecule has 0 radical (unpaired) electrons. The molecule has 0 aliphatic heterocycles. The lowest BCUT2D eigenvalue weighted by atomic mass is 9.99. The molecule has 1 atom stereocenters. The van der Waals surface area contributed by atoms with Crippen molar-refractivity contribution >= 4 is 11.0 Å². The standard InChI is InChI=1S/C19H22N2O/c1-13(2)14-8-10-15(11-9-14)18(22)12-19-20-16-6-4-5-7-17(16)21(19)3/h4-11,13,18,22H,12H2,1-3H3. The lowest BCUT2D eigenvalue weighted by Crippen LogP contribution is -2.07. The Morgan fingerprint density at radius 1 is 1.00 bits per heavy atom. The van der Waals surface area contributed by atoms with E-state index < -0.39 is 6.10 Å². The average molecular weight is 294 g/mol. The van der Waals surface area contributed by atoms with Crippen molar-refractivity contribution in [2.24, 2.45) is 7.05 Å². The van der Waals surface area contributed by atoms with E-state index in [-0.39, 0.29) is 0 Å². The first-order valence-electron chi connectivity index (χ1n) is 7.74. The van der Waals surface area contributed by atoms with E-state index >= 15 is 0 Å². The van der Waals surface area contributed by atoms with E-state index in [1.807, 2.05) is 37.4 Å². The van der Waals surface area contributed by atoms with Gasteiger partial charge >= 0.3 is 0 Å². The molecule has 0 amide bonds. The van der Waals surface area contributed by atoms with Crippen molar-refractivity contribution in [2.75, 3.05) is 0 Å². The predicted octanol–water partition coefficient (Wildman–Crippen LogP) is 3.97. The van der Waals surface area contributed by atoms with Crippen molar-refractivity contribution < 1.29 is 5.11 Å². The number of benzene rings is 2. The quantitative estimate of drug-likeness (QED) is 0.790. The summed E-state index contributed by atoms with van der Waals surface area (Å²) in [4.78, 5) is 4.63. The molecule has 2 aromatic carbocycles. The molecule has 0 spiro atoms. The molecule has 0 fully saturated rings. The normalized spacial score (nSPS) is 13.0. The van der Waals surface area contributed by atoms with Crippen LogP contribution in [0.5, 0.6) is 0 Å². The molecular formula is C19H22N2O. The molecule has 1 unspecified atom stereocenters. The molecule has 1 N–H and O–H groups in total. The lowest BCUT2D eigenvalue weighted by molar-refractivity contribution is 0.175. The van der Waals surface area contributed by atoms with Gasteiger partial charge in [-0.3, -0.25) is 0 Å². The summed E-state index contributed by atoms with van der Waals surface area (Å²) in [6.07, 6.45) is -0.0108. The first kappa shape index (κ1) is 14.8. The minimum absolute atomic E-state index is 0.506. The third-order valence-corrected chi connectivity index (χ3v) is 4.24. The minimum Gasteiger partial charge on any atom is -0.388 e. The molecule has 114 valence electrons. The van der Waals surface area contributed by atoms with Gasteiger partial charge in [0.2, 0.25) is 0 Å². The Morgan fingerprint density at radius 2 is 1.64 bits per heavy atom. The number of aliphatic hydroxyl groups is 1. The number of aromatic nitrogens is 2. The molecule has 22 heavy (non-hydrogen) atoms. The second-order valence-electron chi connectivity index (χ2n) is 6.12. The zero-order valence-electron chi connectivity index (χ0n) is 13.3. The fraction of sp³-hybridized carbons (Fsp3) is 0.316. The molecule has 3 rings (SSSR count). The second-order valence-corrected chi connectivity index (χ2v) is 6.12. The van der Waals surface area contributed by atoms with E-state index in [9.17, 15) is 5.11 Å². The SMILES string of the molecule is CC(C)c1ccc(C(O)Cc2nc3ccccc3n2C)cc1. The maximum Gasteiger partial charge on any atom is 0.112 e. The van der Waals surface area contributed by atoms with Crippen LogP contribution in [0.3, 0.4) is 0 Å². The summed E-state index contributed by atoms with van der Waals surface area (Å²) in [5, 5.41) is 10.5. The van der Waals surface area contributed by atoms with Gasteiger partial charge in [-0.2, -0.15) is 0 Å². The Kier molecular flexibility index (Phi) is 3.99. The summed E-state index contributed by atoms with van der Waals surface area (Å²) in [5.41, 5.74) is 4.30. The molecule has 0 saturated heterocycles. The van der Waals surface area contributed by atoms with Crippen LogP contribution in [0.2, 0.25) is 0 Å². The van der Waals surface area contributed by atoms with Crippen LogP contribution >= 0.6 is 0 Å². The van der Waals surface area contributed by atoms with Gasteiger partial charge in [0.15, 0.2) is 0 Å². The Labute approximate surface area is 131 Å². The Hall–Kier alpha value is -2.13. The van der Waals surface area contributed by atoms with Gasteiger partial charge in [0.05, 0.1) is 17.1 Å². The van der Waals surface area contributed by atoms with E-state index in [1.54, 1.807) is 0 Å². The monoisotopic (exact) mass is 294 g/mol. The number of para-hydroxylation sites is 2. The van der Waals surface area contributed by atoms with Crippen molar-refractivity contribution in [2.45, 2.75) is 32.3 Å². The number of aryl methyl sites for hydroxylation is 1.